The van der Waals surface area contributed by atoms with Gasteiger partial charge in [-0.3, -0.25) is 4.79 Å². The topological polar surface area (TPSA) is 41.1 Å². The Morgan fingerprint density at radius 3 is 2.37 bits per heavy atom. The molecule has 1 aromatic rings. The number of nitrogens with one attached hydrogen (secondary N) is 2. The summed E-state index contributed by atoms with van der Waals surface area (Å²) in [5.74, 6) is 0.818. The SMILES string of the molecule is Cc1cc(C)c(NC(=O)CNC(C)C2CC2)c(C)c1. The van der Waals surface area contributed by atoms with Crippen LogP contribution in [0.3, 0.4) is 0 Å². The molecule has 0 aliphatic heterocycles. The fraction of sp³-hybridized carbons (Fsp3) is 0.562. The minimum atomic E-state index is 0.0440. The molecular formula is C16H24N2O. The Kier molecular flexibility index (Phi) is 4.25. The first-order valence-corrected chi connectivity index (χ1v) is 7.08. The molecule has 2 rings (SSSR count). The van der Waals surface area contributed by atoms with Crippen molar-refractivity contribution in [2.24, 2.45) is 5.92 Å². The molecule has 0 heterocycles. The van der Waals surface area contributed by atoms with Crippen molar-refractivity contribution in [2.45, 2.75) is 46.6 Å². The molecule has 0 bridgehead atoms. The number of rotatable bonds is 5. The van der Waals surface area contributed by atoms with Gasteiger partial charge in [0.1, 0.15) is 0 Å². The second kappa shape index (κ2) is 5.74. The van der Waals surface area contributed by atoms with E-state index in [1.807, 2.05) is 13.8 Å². The highest BCUT2D eigenvalue weighted by Gasteiger charge is 2.27. The normalized spacial score (nSPS) is 16.2. The molecule has 2 N–H and O–H groups in total. The van der Waals surface area contributed by atoms with E-state index in [0.717, 1.165) is 22.7 Å². The number of hydrogen-bond acceptors (Lipinski definition) is 2. The van der Waals surface area contributed by atoms with Crippen molar-refractivity contribution < 1.29 is 4.79 Å². The van der Waals surface area contributed by atoms with Gasteiger partial charge in [0, 0.05) is 11.7 Å². The van der Waals surface area contributed by atoms with Crippen LogP contribution < -0.4 is 10.6 Å². The summed E-state index contributed by atoms with van der Waals surface area (Å²) in [6, 6.07) is 4.65. The molecule has 1 unspecified atom stereocenters. The molecule has 0 radical (unpaired) electrons. The summed E-state index contributed by atoms with van der Waals surface area (Å²) in [6.45, 7) is 8.70. The number of carbonyl (C=O) groups is 1. The maximum atomic E-state index is 12.0. The Morgan fingerprint density at radius 2 is 1.84 bits per heavy atom. The van der Waals surface area contributed by atoms with E-state index in [1.165, 1.54) is 18.4 Å². The number of benzene rings is 1. The number of aryl methyl sites for hydroxylation is 3. The van der Waals surface area contributed by atoms with Crippen molar-refractivity contribution in [2.75, 3.05) is 11.9 Å². The van der Waals surface area contributed by atoms with Crippen LogP contribution in [-0.4, -0.2) is 18.5 Å². The first-order chi connectivity index (χ1) is 8.97. The molecular weight excluding hydrogens is 236 g/mol. The Labute approximate surface area is 115 Å². The van der Waals surface area contributed by atoms with Gasteiger partial charge in [-0.25, -0.2) is 0 Å². The van der Waals surface area contributed by atoms with Gasteiger partial charge in [0.25, 0.3) is 0 Å². The third-order valence-corrected chi connectivity index (χ3v) is 3.86. The Morgan fingerprint density at radius 1 is 1.26 bits per heavy atom. The molecule has 1 atom stereocenters. The van der Waals surface area contributed by atoms with Crippen molar-refractivity contribution in [3.8, 4) is 0 Å². The summed E-state index contributed by atoms with van der Waals surface area (Å²) in [5, 5.41) is 6.32. The minimum absolute atomic E-state index is 0.0440. The lowest BCUT2D eigenvalue weighted by molar-refractivity contribution is -0.115. The van der Waals surface area contributed by atoms with E-state index >= 15 is 0 Å². The first-order valence-electron chi connectivity index (χ1n) is 7.08. The maximum Gasteiger partial charge on any atom is 0.238 e. The Balaban J connectivity index is 1.91. The molecule has 0 spiro atoms. The lowest BCUT2D eigenvalue weighted by Gasteiger charge is -2.15. The first kappa shape index (κ1) is 14.1. The van der Waals surface area contributed by atoms with E-state index in [0.29, 0.717) is 12.6 Å². The van der Waals surface area contributed by atoms with Crippen LogP contribution in [0, 0.1) is 26.7 Å². The van der Waals surface area contributed by atoms with Gasteiger partial charge in [-0.05, 0) is 57.6 Å². The van der Waals surface area contributed by atoms with Crippen LogP contribution in [0.5, 0.6) is 0 Å². The highest BCUT2D eigenvalue weighted by molar-refractivity contribution is 5.93. The Hall–Kier alpha value is -1.35. The van der Waals surface area contributed by atoms with Crippen molar-refractivity contribution >= 4 is 11.6 Å². The number of amides is 1. The van der Waals surface area contributed by atoms with Gasteiger partial charge >= 0.3 is 0 Å². The van der Waals surface area contributed by atoms with Crippen molar-refractivity contribution in [3.05, 3.63) is 28.8 Å². The van der Waals surface area contributed by atoms with Gasteiger partial charge in [-0.15, -0.1) is 0 Å². The zero-order valence-corrected chi connectivity index (χ0v) is 12.3. The predicted octanol–water partition coefficient (Wildman–Crippen LogP) is 2.94. The molecule has 104 valence electrons. The van der Waals surface area contributed by atoms with Crippen LogP contribution in [0.1, 0.15) is 36.5 Å². The van der Waals surface area contributed by atoms with Crippen molar-refractivity contribution in [1.29, 1.82) is 0 Å². The average molecular weight is 260 g/mol. The van der Waals surface area contributed by atoms with E-state index < -0.39 is 0 Å². The third-order valence-electron chi connectivity index (χ3n) is 3.86. The van der Waals surface area contributed by atoms with Crippen LogP contribution in [0.15, 0.2) is 12.1 Å². The van der Waals surface area contributed by atoms with Crippen molar-refractivity contribution in [1.82, 2.24) is 5.32 Å². The maximum absolute atomic E-state index is 12.0. The zero-order chi connectivity index (χ0) is 14.0. The number of anilines is 1. The van der Waals surface area contributed by atoms with Crippen LogP contribution in [-0.2, 0) is 4.79 Å². The van der Waals surface area contributed by atoms with Crippen LogP contribution in [0.25, 0.3) is 0 Å². The fourth-order valence-electron chi connectivity index (χ4n) is 2.58. The lowest BCUT2D eigenvalue weighted by atomic mass is 10.1. The summed E-state index contributed by atoms with van der Waals surface area (Å²) in [7, 11) is 0. The van der Waals surface area contributed by atoms with Gasteiger partial charge in [-0.2, -0.15) is 0 Å². The predicted molar refractivity (Wildman–Crippen MR) is 79.5 cm³/mol. The van der Waals surface area contributed by atoms with E-state index in [4.69, 9.17) is 0 Å². The van der Waals surface area contributed by atoms with Gasteiger partial charge in [0.15, 0.2) is 0 Å². The lowest BCUT2D eigenvalue weighted by Crippen LogP contribution is -2.35. The molecule has 19 heavy (non-hydrogen) atoms. The quantitative estimate of drug-likeness (QED) is 0.854. The molecule has 3 nitrogen and oxygen atoms in total. The highest BCUT2D eigenvalue weighted by Crippen LogP contribution is 2.32. The molecule has 1 aliphatic carbocycles. The highest BCUT2D eigenvalue weighted by atomic mass is 16.1. The Bertz CT molecular complexity index is 455. The van der Waals surface area contributed by atoms with E-state index in [-0.39, 0.29) is 5.91 Å². The standard InChI is InChI=1S/C16H24N2O/c1-10-7-11(2)16(12(3)8-10)18-15(19)9-17-13(4)14-5-6-14/h7-8,13-14,17H,5-6,9H2,1-4H3,(H,18,19). The molecule has 1 amide bonds. The minimum Gasteiger partial charge on any atom is -0.324 e. The number of carbonyl (C=O) groups excluding carboxylic acids is 1. The van der Waals surface area contributed by atoms with Crippen molar-refractivity contribution in [3.63, 3.8) is 0 Å². The molecule has 0 saturated heterocycles. The third kappa shape index (κ3) is 3.80. The second-order valence-corrected chi connectivity index (χ2v) is 5.83. The van der Waals surface area contributed by atoms with Gasteiger partial charge in [0.2, 0.25) is 5.91 Å². The van der Waals surface area contributed by atoms with E-state index in [9.17, 15) is 4.79 Å². The smallest absolute Gasteiger partial charge is 0.238 e. The summed E-state index contributed by atoms with van der Waals surface area (Å²) in [5.41, 5.74) is 4.44. The largest absolute Gasteiger partial charge is 0.324 e. The number of hydrogen-bond donors (Lipinski definition) is 2. The second-order valence-electron chi connectivity index (χ2n) is 5.83. The average Bonchev–Trinajstić information content (AvgIpc) is 3.14. The van der Waals surface area contributed by atoms with Crippen LogP contribution in [0.2, 0.25) is 0 Å². The van der Waals surface area contributed by atoms with E-state index in [1.54, 1.807) is 0 Å². The van der Waals surface area contributed by atoms with Crippen LogP contribution in [0.4, 0.5) is 5.69 Å². The monoisotopic (exact) mass is 260 g/mol. The van der Waals surface area contributed by atoms with E-state index in [2.05, 4.69) is 36.6 Å². The van der Waals surface area contributed by atoms with Gasteiger partial charge in [0.05, 0.1) is 6.54 Å². The molecule has 1 saturated carbocycles. The molecule has 0 aromatic heterocycles. The summed E-state index contributed by atoms with van der Waals surface area (Å²) >= 11 is 0. The zero-order valence-electron chi connectivity index (χ0n) is 12.3. The summed E-state index contributed by atoms with van der Waals surface area (Å²) < 4.78 is 0. The summed E-state index contributed by atoms with van der Waals surface area (Å²) in [6.07, 6.45) is 2.60. The van der Waals surface area contributed by atoms with Crippen LogP contribution >= 0.6 is 0 Å². The summed E-state index contributed by atoms with van der Waals surface area (Å²) in [4.78, 5) is 12.0. The van der Waals surface area contributed by atoms with Gasteiger partial charge in [-0.1, -0.05) is 17.7 Å². The fourth-order valence-corrected chi connectivity index (χ4v) is 2.58. The molecule has 1 fully saturated rings. The van der Waals surface area contributed by atoms with Gasteiger partial charge < -0.3 is 10.6 Å². The molecule has 1 aromatic carbocycles. The molecule has 1 aliphatic rings. The molecule has 3 heteroatoms.